The smallest absolute Gasteiger partial charge is 0.149 e. The average Bonchev–Trinajstić information content (AvgIpc) is 2.31. The van der Waals surface area contributed by atoms with Crippen LogP contribution in [-0.2, 0) is 12.8 Å². The van der Waals surface area contributed by atoms with Crippen LogP contribution in [-0.4, -0.2) is 9.97 Å². The lowest BCUT2D eigenvalue weighted by Crippen LogP contribution is -2.16. The van der Waals surface area contributed by atoms with Gasteiger partial charge in [-0.3, -0.25) is 9.97 Å². The van der Waals surface area contributed by atoms with E-state index in [4.69, 9.17) is 0 Å². The highest BCUT2D eigenvalue weighted by atomic mass is 19.1. The third-order valence-corrected chi connectivity index (χ3v) is 3.56. The lowest BCUT2D eigenvalue weighted by atomic mass is 9.81. The number of fused-ring (bicyclic) bond motifs is 1. The number of aromatic nitrogens is 2. The predicted octanol–water partition coefficient (Wildman–Crippen LogP) is 3.50. The van der Waals surface area contributed by atoms with Crippen LogP contribution in [0.2, 0.25) is 0 Å². The molecule has 0 radical (unpaired) electrons. The second-order valence-corrected chi connectivity index (χ2v) is 5.02. The fourth-order valence-electron chi connectivity index (χ4n) is 2.64. The zero-order valence-electron chi connectivity index (χ0n) is 10.6. The number of hydrogen-bond donors (Lipinski definition) is 0. The first-order valence-electron chi connectivity index (χ1n) is 6.29. The monoisotopic (exact) mass is 242 g/mol. The summed E-state index contributed by atoms with van der Waals surface area (Å²) in [5, 5.41) is 0. The molecule has 0 saturated heterocycles. The lowest BCUT2D eigenvalue weighted by Gasteiger charge is -2.26. The molecule has 18 heavy (non-hydrogen) atoms. The molecule has 2 nitrogen and oxygen atoms in total. The van der Waals surface area contributed by atoms with Crippen LogP contribution in [0.5, 0.6) is 0 Å². The second kappa shape index (κ2) is 4.16. The minimum absolute atomic E-state index is 0.277. The van der Waals surface area contributed by atoms with Gasteiger partial charge >= 0.3 is 0 Å². The van der Waals surface area contributed by atoms with Gasteiger partial charge in [0.15, 0.2) is 0 Å². The summed E-state index contributed by atoms with van der Waals surface area (Å²) in [6.45, 7) is 4.30. The van der Waals surface area contributed by atoms with Crippen LogP contribution in [0.15, 0.2) is 24.7 Å². The Morgan fingerprint density at radius 2 is 2.00 bits per heavy atom. The first-order chi connectivity index (χ1) is 8.68. The Bertz CT molecular complexity index is 605. The number of pyridine rings is 2. The van der Waals surface area contributed by atoms with Gasteiger partial charge in [0.1, 0.15) is 5.82 Å². The van der Waals surface area contributed by atoms with Crippen LogP contribution in [0.4, 0.5) is 4.39 Å². The third-order valence-electron chi connectivity index (χ3n) is 3.56. The zero-order valence-corrected chi connectivity index (χ0v) is 10.6. The van der Waals surface area contributed by atoms with Crippen LogP contribution < -0.4 is 0 Å². The molecule has 0 N–H and O–H groups in total. The predicted molar refractivity (Wildman–Crippen MR) is 68.9 cm³/mol. The first kappa shape index (κ1) is 11.3. The molecule has 0 unspecified atom stereocenters. The Kier molecular flexibility index (Phi) is 2.62. The Hall–Kier alpha value is -1.77. The molecular formula is C15H15FN2. The third kappa shape index (κ3) is 1.62. The number of rotatable bonds is 2. The Labute approximate surface area is 106 Å². The molecule has 3 rings (SSSR count). The number of halogens is 1. The second-order valence-electron chi connectivity index (χ2n) is 5.02. The minimum atomic E-state index is -0.277. The van der Waals surface area contributed by atoms with E-state index in [0.717, 1.165) is 18.4 Å². The van der Waals surface area contributed by atoms with E-state index in [-0.39, 0.29) is 5.82 Å². The van der Waals surface area contributed by atoms with Crippen molar-refractivity contribution in [3.8, 4) is 11.1 Å². The van der Waals surface area contributed by atoms with Crippen molar-refractivity contribution in [1.82, 2.24) is 9.97 Å². The van der Waals surface area contributed by atoms with Crippen molar-refractivity contribution >= 4 is 0 Å². The summed E-state index contributed by atoms with van der Waals surface area (Å²) in [6, 6.07) is 1.73. The SMILES string of the molecule is CC(C)c1c(-c2ccncc2F)cnc2c1CC2. The molecule has 2 heterocycles. The van der Waals surface area contributed by atoms with Gasteiger partial charge in [0.05, 0.1) is 6.20 Å². The van der Waals surface area contributed by atoms with Crippen molar-refractivity contribution < 1.29 is 4.39 Å². The summed E-state index contributed by atoms with van der Waals surface area (Å²) in [7, 11) is 0. The Balaban J connectivity index is 2.24. The molecule has 0 fully saturated rings. The fourth-order valence-corrected chi connectivity index (χ4v) is 2.64. The van der Waals surface area contributed by atoms with Gasteiger partial charge in [-0.15, -0.1) is 0 Å². The zero-order chi connectivity index (χ0) is 12.7. The van der Waals surface area contributed by atoms with Gasteiger partial charge in [0, 0.05) is 29.2 Å². The van der Waals surface area contributed by atoms with Crippen molar-refractivity contribution in [2.45, 2.75) is 32.6 Å². The van der Waals surface area contributed by atoms with E-state index >= 15 is 0 Å². The van der Waals surface area contributed by atoms with E-state index < -0.39 is 0 Å². The van der Waals surface area contributed by atoms with Gasteiger partial charge < -0.3 is 0 Å². The Morgan fingerprint density at radius 3 is 2.61 bits per heavy atom. The molecule has 3 heteroatoms. The summed E-state index contributed by atoms with van der Waals surface area (Å²) in [6.07, 6.45) is 6.82. The van der Waals surface area contributed by atoms with E-state index in [1.807, 2.05) is 6.20 Å². The molecule has 2 aromatic heterocycles. The van der Waals surface area contributed by atoms with Crippen LogP contribution >= 0.6 is 0 Å². The highest BCUT2D eigenvalue weighted by Gasteiger charge is 2.24. The molecular weight excluding hydrogens is 227 g/mol. The molecule has 92 valence electrons. The van der Waals surface area contributed by atoms with Crippen molar-refractivity contribution in [1.29, 1.82) is 0 Å². The highest BCUT2D eigenvalue weighted by Crippen LogP contribution is 2.37. The van der Waals surface area contributed by atoms with Crippen LogP contribution in [0, 0.1) is 5.82 Å². The van der Waals surface area contributed by atoms with Gasteiger partial charge in [-0.1, -0.05) is 13.8 Å². The quantitative estimate of drug-likeness (QED) is 0.805. The van der Waals surface area contributed by atoms with Gasteiger partial charge in [0.2, 0.25) is 0 Å². The Morgan fingerprint density at radius 1 is 1.17 bits per heavy atom. The number of aryl methyl sites for hydroxylation is 1. The van der Waals surface area contributed by atoms with Gasteiger partial charge in [-0.2, -0.15) is 0 Å². The summed E-state index contributed by atoms with van der Waals surface area (Å²) < 4.78 is 13.9. The topological polar surface area (TPSA) is 25.8 Å². The maximum absolute atomic E-state index is 13.9. The molecule has 0 bridgehead atoms. The van der Waals surface area contributed by atoms with Crippen LogP contribution in [0.3, 0.4) is 0 Å². The van der Waals surface area contributed by atoms with E-state index in [0.29, 0.717) is 11.5 Å². The largest absolute Gasteiger partial charge is 0.262 e. The molecule has 1 aliphatic rings. The summed E-state index contributed by atoms with van der Waals surface area (Å²) >= 11 is 0. The standard InChI is InChI=1S/C15H15FN2/c1-9(2)15-11-3-4-14(11)18-7-12(15)10-5-6-17-8-13(10)16/h5-9H,3-4H2,1-2H3. The molecule has 0 saturated carbocycles. The van der Waals surface area contributed by atoms with E-state index in [2.05, 4.69) is 23.8 Å². The van der Waals surface area contributed by atoms with Gasteiger partial charge in [-0.05, 0) is 36.0 Å². The van der Waals surface area contributed by atoms with Crippen molar-refractivity contribution in [2.24, 2.45) is 0 Å². The molecule has 0 amide bonds. The van der Waals surface area contributed by atoms with E-state index in [1.54, 1.807) is 12.3 Å². The normalized spacial score (nSPS) is 13.3. The van der Waals surface area contributed by atoms with Crippen molar-refractivity contribution in [3.05, 3.63) is 47.3 Å². The summed E-state index contributed by atoms with van der Waals surface area (Å²) in [5.74, 6) is 0.102. The first-order valence-corrected chi connectivity index (χ1v) is 6.29. The minimum Gasteiger partial charge on any atom is -0.262 e. The van der Waals surface area contributed by atoms with Crippen molar-refractivity contribution in [2.75, 3.05) is 0 Å². The lowest BCUT2D eigenvalue weighted by molar-refractivity contribution is 0.624. The van der Waals surface area contributed by atoms with Crippen LogP contribution in [0.1, 0.15) is 36.6 Å². The average molecular weight is 242 g/mol. The summed E-state index contributed by atoms with van der Waals surface area (Å²) in [4.78, 5) is 8.24. The van der Waals surface area contributed by atoms with Gasteiger partial charge in [0.25, 0.3) is 0 Å². The fraction of sp³-hybridized carbons (Fsp3) is 0.333. The van der Waals surface area contributed by atoms with Gasteiger partial charge in [-0.25, -0.2) is 4.39 Å². The summed E-state index contributed by atoms with van der Waals surface area (Å²) in [5.41, 5.74) is 5.27. The maximum atomic E-state index is 13.9. The molecule has 1 aliphatic carbocycles. The van der Waals surface area contributed by atoms with E-state index in [1.165, 1.54) is 23.0 Å². The molecule has 0 aliphatic heterocycles. The molecule has 0 spiro atoms. The number of nitrogens with zero attached hydrogens (tertiary/aromatic N) is 2. The van der Waals surface area contributed by atoms with Crippen molar-refractivity contribution in [3.63, 3.8) is 0 Å². The number of hydrogen-bond acceptors (Lipinski definition) is 2. The molecule has 2 aromatic rings. The maximum Gasteiger partial charge on any atom is 0.149 e. The molecule has 0 atom stereocenters. The van der Waals surface area contributed by atoms with E-state index in [9.17, 15) is 4.39 Å². The highest BCUT2D eigenvalue weighted by molar-refractivity contribution is 5.70. The molecule has 0 aromatic carbocycles. The van der Waals surface area contributed by atoms with Crippen LogP contribution in [0.25, 0.3) is 11.1 Å².